The summed E-state index contributed by atoms with van der Waals surface area (Å²) in [4.78, 5) is 2.22. The Labute approximate surface area is 82.9 Å². The molecule has 0 aliphatic carbocycles. The first-order chi connectivity index (χ1) is 6.02. The Balaban J connectivity index is 3.55. The molecule has 0 spiro atoms. The highest BCUT2D eigenvalue weighted by molar-refractivity contribution is 4.73. The predicted molar refractivity (Wildman–Crippen MR) is 57.9 cm³/mol. The smallest absolute Gasteiger partial charge is 0.0743 e. The Kier molecular flexibility index (Phi) is 6.35. The zero-order chi connectivity index (χ0) is 10.3. The van der Waals surface area contributed by atoms with Crippen LogP contribution in [0, 0.1) is 0 Å². The summed E-state index contributed by atoms with van der Waals surface area (Å²) in [5, 5.41) is 9.81. The second kappa shape index (κ2) is 6.39. The second-order valence-electron chi connectivity index (χ2n) is 4.30. The van der Waals surface area contributed by atoms with Crippen molar-refractivity contribution < 1.29 is 5.11 Å². The van der Waals surface area contributed by atoms with Gasteiger partial charge in [-0.15, -0.1) is 0 Å². The standard InChI is InChI=1S/C11H25NO/c1-5-7-8-9-12(4)10-11(3,13)6-2/h13H,5-10H2,1-4H3. The molecule has 0 fully saturated rings. The van der Waals surface area contributed by atoms with Gasteiger partial charge >= 0.3 is 0 Å². The topological polar surface area (TPSA) is 23.5 Å². The summed E-state index contributed by atoms with van der Waals surface area (Å²) in [7, 11) is 2.08. The fourth-order valence-corrected chi connectivity index (χ4v) is 1.40. The number of hydrogen-bond acceptors (Lipinski definition) is 2. The summed E-state index contributed by atoms with van der Waals surface area (Å²) in [6.45, 7) is 8.03. The third-order valence-electron chi connectivity index (χ3n) is 2.52. The van der Waals surface area contributed by atoms with Crippen LogP contribution < -0.4 is 0 Å². The van der Waals surface area contributed by atoms with Crippen LogP contribution in [0.3, 0.4) is 0 Å². The average molecular weight is 187 g/mol. The Hall–Kier alpha value is -0.0800. The van der Waals surface area contributed by atoms with Crippen LogP contribution in [0.1, 0.15) is 46.5 Å². The van der Waals surface area contributed by atoms with Crippen LogP contribution in [-0.2, 0) is 0 Å². The summed E-state index contributed by atoms with van der Waals surface area (Å²) in [5.41, 5.74) is -0.513. The Bertz CT molecular complexity index is 123. The second-order valence-corrected chi connectivity index (χ2v) is 4.30. The van der Waals surface area contributed by atoms with Crippen molar-refractivity contribution in [1.82, 2.24) is 4.90 Å². The fourth-order valence-electron chi connectivity index (χ4n) is 1.40. The first-order valence-corrected chi connectivity index (χ1v) is 5.42. The van der Waals surface area contributed by atoms with E-state index < -0.39 is 5.60 Å². The van der Waals surface area contributed by atoms with E-state index in [0.29, 0.717) is 0 Å². The molecule has 0 radical (unpaired) electrons. The van der Waals surface area contributed by atoms with Crippen LogP contribution >= 0.6 is 0 Å². The van der Waals surface area contributed by atoms with E-state index in [1.165, 1.54) is 19.3 Å². The Morgan fingerprint density at radius 2 is 1.85 bits per heavy atom. The highest BCUT2D eigenvalue weighted by Crippen LogP contribution is 2.10. The number of likely N-dealkylation sites (N-methyl/N-ethyl adjacent to an activating group) is 1. The largest absolute Gasteiger partial charge is 0.389 e. The minimum absolute atomic E-state index is 0.513. The van der Waals surface area contributed by atoms with Crippen LogP contribution in [0.15, 0.2) is 0 Å². The van der Waals surface area contributed by atoms with Gasteiger partial charge in [-0.2, -0.15) is 0 Å². The lowest BCUT2D eigenvalue weighted by atomic mass is 10.0. The van der Waals surface area contributed by atoms with E-state index in [1.807, 2.05) is 13.8 Å². The molecule has 0 aliphatic heterocycles. The molecule has 2 heteroatoms. The van der Waals surface area contributed by atoms with Crippen molar-refractivity contribution in [1.29, 1.82) is 0 Å². The first kappa shape index (κ1) is 12.9. The summed E-state index contributed by atoms with van der Waals surface area (Å²) in [6.07, 6.45) is 4.62. The van der Waals surface area contributed by atoms with E-state index in [0.717, 1.165) is 19.5 Å². The molecule has 1 unspecified atom stereocenters. The predicted octanol–water partition coefficient (Wildman–Crippen LogP) is 2.27. The molecule has 80 valence electrons. The van der Waals surface area contributed by atoms with Gasteiger partial charge in [-0.3, -0.25) is 0 Å². The van der Waals surface area contributed by atoms with Crippen LogP contribution in [-0.4, -0.2) is 35.7 Å². The molecule has 0 saturated carbocycles. The van der Waals surface area contributed by atoms with Crippen LogP contribution in [0.25, 0.3) is 0 Å². The zero-order valence-electron chi connectivity index (χ0n) is 9.64. The number of aliphatic hydroxyl groups is 1. The molecular weight excluding hydrogens is 162 g/mol. The normalized spacial score (nSPS) is 16.2. The molecule has 0 aromatic rings. The molecule has 0 aliphatic rings. The summed E-state index contributed by atoms with van der Waals surface area (Å²) in [5.74, 6) is 0. The van der Waals surface area contributed by atoms with E-state index >= 15 is 0 Å². The highest BCUT2D eigenvalue weighted by Gasteiger charge is 2.19. The zero-order valence-corrected chi connectivity index (χ0v) is 9.64. The Morgan fingerprint density at radius 1 is 1.23 bits per heavy atom. The van der Waals surface area contributed by atoms with E-state index in [9.17, 15) is 5.11 Å². The molecule has 0 aromatic carbocycles. The molecule has 0 aromatic heterocycles. The van der Waals surface area contributed by atoms with E-state index in [4.69, 9.17) is 0 Å². The molecule has 0 saturated heterocycles. The maximum Gasteiger partial charge on any atom is 0.0743 e. The van der Waals surface area contributed by atoms with Gasteiger partial charge in [-0.25, -0.2) is 0 Å². The third kappa shape index (κ3) is 7.03. The van der Waals surface area contributed by atoms with Crippen molar-refractivity contribution >= 4 is 0 Å². The van der Waals surface area contributed by atoms with Gasteiger partial charge in [0, 0.05) is 6.54 Å². The SMILES string of the molecule is CCCCCN(C)CC(C)(O)CC. The van der Waals surface area contributed by atoms with Gasteiger partial charge in [0.1, 0.15) is 0 Å². The lowest BCUT2D eigenvalue weighted by Gasteiger charge is -2.27. The van der Waals surface area contributed by atoms with Gasteiger partial charge in [0.15, 0.2) is 0 Å². The maximum absolute atomic E-state index is 9.81. The van der Waals surface area contributed by atoms with Gasteiger partial charge in [0.2, 0.25) is 0 Å². The molecule has 1 N–H and O–H groups in total. The van der Waals surface area contributed by atoms with Gasteiger partial charge in [-0.05, 0) is 33.4 Å². The fraction of sp³-hybridized carbons (Fsp3) is 1.00. The van der Waals surface area contributed by atoms with E-state index in [2.05, 4.69) is 18.9 Å². The lowest BCUT2D eigenvalue weighted by Crippen LogP contribution is -2.38. The van der Waals surface area contributed by atoms with E-state index in [1.54, 1.807) is 0 Å². The van der Waals surface area contributed by atoms with Crippen LogP contribution in [0.5, 0.6) is 0 Å². The van der Waals surface area contributed by atoms with Gasteiger partial charge < -0.3 is 10.0 Å². The highest BCUT2D eigenvalue weighted by atomic mass is 16.3. The number of nitrogens with zero attached hydrogens (tertiary/aromatic N) is 1. The average Bonchev–Trinajstić information content (AvgIpc) is 2.04. The van der Waals surface area contributed by atoms with Gasteiger partial charge in [-0.1, -0.05) is 26.7 Å². The van der Waals surface area contributed by atoms with Crippen molar-refractivity contribution in [3.63, 3.8) is 0 Å². The van der Waals surface area contributed by atoms with Crippen LogP contribution in [0.4, 0.5) is 0 Å². The van der Waals surface area contributed by atoms with Gasteiger partial charge in [0.05, 0.1) is 5.60 Å². The van der Waals surface area contributed by atoms with Crippen LogP contribution in [0.2, 0.25) is 0 Å². The molecular formula is C11H25NO. The molecule has 0 rings (SSSR count). The molecule has 0 amide bonds. The third-order valence-corrected chi connectivity index (χ3v) is 2.52. The molecule has 0 bridgehead atoms. The van der Waals surface area contributed by atoms with Crippen molar-refractivity contribution in [3.8, 4) is 0 Å². The van der Waals surface area contributed by atoms with Crippen molar-refractivity contribution in [2.24, 2.45) is 0 Å². The minimum Gasteiger partial charge on any atom is -0.389 e. The van der Waals surface area contributed by atoms with E-state index in [-0.39, 0.29) is 0 Å². The van der Waals surface area contributed by atoms with Crippen molar-refractivity contribution in [2.45, 2.75) is 52.1 Å². The quantitative estimate of drug-likeness (QED) is 0.618. The molecule has 13 heavy (non-hydrogen) atoms. The van der Waals surface area contributed by atoms with Crippen molar-refractivity contribution in [3.05, 3.63) is 0 Å². The monoisotopic (exact) mass is 187 g/mol. The Morgan fingerprint density at radius 3 is 2.31 bits per heavy atom. The number of hydrogen-bond donors (Lipinski definition) is 1. The summed E-state index contributed by atoms with van der Waals surface area (Å²) < 4.78 is 0. The molecule has 0 heterocycles. The lowest BCUT2D eigenvalue weighted by molar-refractivity contribution is 0.0234. The summed E-state index contributed by atoms with van der Waals surface area (Å²) >= 11 is 0. The summed E-state index contributed by atoms with van der Waals surface area (Å²) in [6, 6.07) is 0. The number of unbranched alkanes of at least 4 members (excludes halogenated alkanes) is 2. The van der Waals surface area contributed by atoms with Gasteiger partial charge in [0.25, 0.3) is 0 Å². The first-order valence-electron chi connectivity index (χ1n) is 5.42. The minimum atomic E-state index is -0.513. The molecule has 2 nitrogen and oxygen atoms in total. The molecule has 1 atom stereocenters. The number of rotatable bonds is 7. The van der Waals surface area contributed by atoms with Crippen molar-refractivity contribution in [2.75, 3.05) is 20.1 Å². The maximum atomic E-state index is 9.81.